The fourth-order valence-electron chi connectivity index (χ4n) is 2.21. The zero-order valence-electron chi connectivity index (χ0n) is 9.80. The highest BCUT2D eigenvalue weighted by atomic mass is 15.0. The standard InChI is InChI=1S/C15H14N2/c1-12-9-14-7-8-16-10-15(14)17(12)11-13-5-3-2-4-6-13/h2-10H,11H2,1H3. The molecule has 2 nitrogen and oxygen atoms in total. The first-order valence-electron chi connectivity index (χ1n) is 5.78. The Morgan fingerprint density at radius 3 is 2.76 bits per heavy atom. The van der Waals surface area contributed by atoms with E-state index in [-0.39, 0.29) is 0 Å². The highest BCUT2D eigenvalue weighted by Gasteiger charge is 2.05. The molecule has 0 radical (unpaired) electrons. The molecule has 0 aliphatic heterocycles. The van der Waals surface area contributed by atoms with Gasteiger partial charge in [-0.3, -0.25) is 4.98 Å². The van der Waals surface area contributed by atoms with Gasteiger partial charge in [-0.2, -0.15) is 0 Å². The van der Waals surface area contributed by atoms with E-state index in [1.807, 2.05) is 18.5 Å². The maximum atomic E-state index is 4.21. The van der Waals surface area contributed by atoms with Gasteiger partial charge in [0, 0.05) is 23.8 Å². The van der Waals surface area contributed by atoms with Crippen LogP contribution in [0.25, 0.3) is 10.9 Å². The second kappa shape index (κ2) is 4.06. The summed E-state index contributed by atoms with van der Waals surface area (Å²) in [7, 11) is 0. The monoisotopic (exact) mass is 222 g/mol. The van der Waals surface area contributed by atoms with Gasteiger partial charge >= 0.3 is 0 Å². The van der Waals surface area contributed by atoms with Crippen molar-refractivity contribution in [1.29, 1.82) is 0 Å². The molecule has 0 aliphatic carbocycles. The molecule has 2 heterocycles. The normalized spacial score (nSPS) is 10.9. The van der Waals surface area contributed by atoms with E-state index < -0.39 is 0 Å². The van der Waals surface area contributed by atoms with Crippen molar-refractivity contribution in [3.05, 3.63) is 66.1 Å². The number of hydrogen-bond donors (Lipinski definition) is 0. The molecule has 84 valence electrons. The molecular weight excluding hydrogens is 208 g/mol. The third-order valence-corrected chi connectivity index (χ3v) is 3.10. The van der Waals surface area contributed by atoms with Gasteiger partial charge in [0.05, 0.1) is 11.7 Å². The minimum Gasteiger partial charge on any atom is -0.339 e. The molecule has 0 unspecified atom stereocenters. The van der Waals surface area contributed by atoms with Crippen molar-refractivity contribution in [3.63, 3.8) is 0 Å². The Balaban J connectivity index is 2.08. The summed E-state index contributed by atoms with van der Waals surface area (Å²) in [5.41, 5.74) is 3.79. The predicted molar refractivity (Wildman–Crippen MR) is 70.0 cm³/mol. The highest BCUT2D eigenvalue weighted by molar-refractivity contribution is 5.80. The van der Waals surface area contributed by atoms with Crippen LogP contribution in [0.2, 0.25) is 0 Å². The number of aromatic nitrogens is 2. The van der Waals surface area contributed by atoms with Crippen LogP contribution in [0, 0.1) is 6.92 Å². The van der Waals surface area contributed by atoms with Crippen LogP contribution in [0.3, 0.4) is 0 Å². The zero-order chi connectivity index (χ0) is 11.7. The van der Waals surface area contributed by atoms with Gasteiger partial charge in [-0.15, -0.1) is 0 Å². The van der Waals surface area contributed by atoms with E-state index in [9.17, 15) is 0 Å². The quantitative estimate of drug-likeness (QED) is 0.650. The van der Waals surface area contributed by atoms with Crippen molar-refractivity contribution in [2.45, 2.75) is 13.5 Å². The Hall–Kier alpha value is -2.09. The van der Waals surface area contributed by atoms with Crippen molar-refractivity contribution in [1.82, 2.24) is 9.55 Å². The van der Waals surface area contributed by atoms with Crippen LogP contribution in [-0.4, -0.2) is 9.55 Å². The first kappa shape index (κ1) is 10.1. The van der Waals surface area contributed by atoms with Gasteiger partial charge in [-0.25, -0.2) is 0 Å². The average molecular weight is 222 g/mol. The number of fused-ring (bicyclic) bond motifs is 1. The zero-order valence-corrected chi connectivity index (χ0v) is 9.80. The molecule has 0 N–H and O–H groups in total. The predicted octanol–water partition coefficient (Wildman–Crippen LogP) is 3.39. The van der Waals surface area contributed by atoms with Crippen LogP contribution >= 0.6 is 0 Å². The Bertz CT molecular complexity index is 638. The maximum Gasteiger partial charge on any atom is 0.0671 e. The van der Waals surface area contributed by atoms with Crippen molar-refractivity contribution in [2.24, 2.45) is 0 Å². The largest absolute Gasteiger partial charge is 0.339 e. The van der Waals surface area contributed by atoms with Crippen LogP contribution in [0.15, 0.2) is 54.9 Å². The van der Waals surface area contributed by atoms with Crippen molar-refractivity contribution in [3.8, 4) is 0 Å². The number of aryl methyl sites for hydroxylation is 1. The Morgan fingerprint density at radius 1 is 1.12 bits per heavy atom. The fraction of sp³-hybridized carbons (Fsp3) is 0.133. The van der Waals surface area contributed by atoms with Gasteiger partial charge < -0.3 is 4.57 Å². The Morgan fingerprint density at radius 2 is 1.94 bits per heavy atom. The van der Waals surface area contributed by atoms with Gasteiger partial charge in [0.2, 0.25) is 0 Å². The third kappa shape index (κ3) is 1.82. The lowest BCUT2D eigenvalue weighted by atomic mass is 10.2. The number of hydrogen-bond acceptors (Lipinski definition) is 1. The topological polar surface area (TPSA) is 17.8 Å². The molecule has 2 aromatic heterocycles. The first-order chi connectivity index (χ1) is 8.34. The van der Waals surface area contributed by atoms with E-state index in [1.165, 1.54) is 22.2 Å². The van der Waals surface area contributed by atoms with Crippen LogP contribution in [0.5, 0.6) is 0 Å². The summed E-state index contributed by atoms with van der Waals surface area (Å²) in [6.45, 7) is 3.05. The molecule has 0 spiro atoms. The van der Waals surface area contributed by atoms with E-state index in [0.29, 0.717) is 0 Å². The van der Waals surface area contributed by atoms with Crippen molar-refractivity contribution < 1.29 is 0 Å². The van der Waals surface area contributed by atoms with Crippen LogP contribution in [0.1, 0.15) is 11.3 Å². The van der Waals surface area contributed by atoms with Gasteiger partial charge in [-0.05, 0) is 24.6 Å². The molecule has 17 heavy (non-hydrogen) atoms. The number of pyridine rings is 1. The SMILES string of the molecule is Cc1cc2ccncc2n1Cc1ccccc1. The lowest BCUT2D eigenvalue weighted by Crippen LogP contribution is -2.01. The third-order valence-electron chi connectivity index (χ3n) is 3.10. The molecule has 3 rings (SSSR count). The molecular formula is C15H14N2. The van der Waals surface area contributed by atoms with Gasteiger partial charge in [0.1, 0.15) is 0 Å². The average Bonchev–Trinajstić information content (AvgIpc) is 2.68. The van der Waals surface area contributed by atoms with E-state index in [2.05, 4.69) is 52.9 Å². The molecule has 3 aromatic rings. The highest BCUT2D eigenvalue weighted by Crippen LogP contribution is 2.19. The van der Waals surface area contributed by atoms with Gasteiger partial charge in [0.15, 0.2) is 0 Å². The van der Waals surface area contributed by atoms with Crippen LogP contribution in [0.4, 0.5) is 0 Å². The Kier molecular flexibility index (Phi) is 2.41. The smallest absolute Gasteiger partial charge is 0.0671 e. The summed E-state index contributed by atoms with van der Waals surface area (Å²) in [5, 5.41) is 1.26. The summed E-state index contributed by atoms with van der Waals surface area (Å²) >= 11 is 0. The second-order valence-electron chi connectivity index (χ2n) is 4.29. The van der Waals surface area contributed by atoms with Crippen LogP contribution < -0.4 is 0 Å². The maximum absolute atomic E-state index is 4.21. The lowest BCUT2D eigenvalue weighted by Gasteiger charge is -2.07. The molecule has 0 saturated heterocycles. The summed E-state index contributed by atoms with van der Waals surface area (Å²) in [6, 6.07) is 14.8. The lowest BCUT2D eigenvalue weighted by molar-refractivity contribution is 0.803. The molecule has 1 aromatic carbocycles. The molecule has 2 heteroatoms. The Labute approximate surface area is 101 Å². The summed E-state index contributed by atoms with van der Waals surface area (Å²) in [4.78, 5) is 4.21. The van der Waals surface area contributed by atoms with Gasteiger partial charge in [0.25, 0.3) is 0 Å². The number of nitrogens with zero attached hydrogens (tertiary/aromatic N) is 2. The number of rotatable bonds is 2. The second-order valence-corrected chi connectivity index (χ2v) is 4.29. The van der Waals surface area contributed by atoms with Crippen molar-refractivity contribution >= 4 is 10.9 Å². The molecule has 0 fully saturated rings. The summed E-state index contributed by atoms with van der Waals surface area (Å²) < 4.78 is 2.30. The molecule has 0 aliphatic rings. The van der Waals surface area contributed by atoms with E-state index in [1.54, 1.807) is 0 Å². The molecule has 0 atom stereocenters. The minimum atomic E-state index is 0.905. The minimum absolute atomic E-state index is 0.905. The first-order valence-corrected chi connectivity index (χ1v) is 5.78. The van der Waals surface area contributed by atoms with Crippen molar-refractivity contribution in [2.75, 3.05) is 0 Å². The van der Waals surface area contributed by atoms with E-state index in [0.717, 1.165) is 6.54 Å². The van der Waals surface area contributed by atoms with Crippen LogP contribution in [-0.2, 0) is 6.54 Å². The molecule has 0 bridgehead atoms. The number of benzene rings is 1. The van der Waals surface area contributed by atoms with E-state index in [4.69, 9.17) is 0 Å². The van der Waals surface area contributed by atoms with Gasteiger partial charge in [-0.1, -0.05) is 30.3 Å². The summed E-state index contributed by atoms with van der Waals surface area (Å²) in [6.07, 6.45) is 3.78. The fourth-order valence-corrected chi connectivity index (χ4v) is 2.21. The van der Waals surface area contributed by atoms with E-state index >= 15 is 0 Å². The summed E-state index contributed by atoms with van der Waals surface area (Å²) in [5.74, 6) is 0. The molecule has 0 saturated carbocycles. The molecule has 0 amide bonds.